The maximum absolute atomic E-state index is 12.7. The minimum Gasteiger partial charge on any atom is -0.508 e. The average molecular weight is 325 g/mol. The van der Waals surface area contributed by atoms with Gasteiger partial charge in [0.25, 0.3) is 0 Å². The number of nitrogens with zero attached hydrogens (tertiary/aromatic N) is 1. The Bertz CT molecular complexity index is 642. The van der Waals surface area contributed by atoms with Crippen LogP contribution < -0.4 is 0 Å². The molecule has 0 spiro atoms. The van der Waals surface area contributed by atoms with E-state index in [9.17, 15) is 9.90 Å². The van der Waals surface area contributed by atoms with Crippen molar-refractivity contribution in [1.29, 1.82) is 0 Å². The molecule has 3 heteroatoms. The molecule has 0 unspecified atom stereocenters. The Morgan fingerprint density at radius 3 is 2.17 bits per heavy atom. The number of benzene rings is 2. The lowest BCUT2D eigenvalue weighted by Gasteiger charge is -2.27. The van der Waals surface area contributed by atoms with Crippen LogP contribution in [0.3, 0.4) is 0 Å². The number of phenols is 1. The molecule has 0 radical (unpaired) electrons. The Kier molecular flexibility index (Phi) is 6.02. The van der Waals surface area contributed by atoms with E-state index in [0.29, 0.717) is 19.5 Å². The van der Waals surface area contributed by atoms with Crippen LogP contribution in [0.1, 0.15) is 38.3 Å². The highest BCUT2D eigenvalue weighted by molar-refractivity contribution is 5.76. The van der Waals surface area contributed by atoms with Crippen molar-refractivity contribution < 1.29 is 9.90 Å². The molecule has 128 valence electrons. The molecular formula is C21H27NO2. The second-order valence-electron chi connectivity index (χ2n) is 7.45. The predicted octanol–water partition coefficient (Wildman–Crippen LogP) is 4.40. The molecule has 2 aromatic carbocycles. The average Bonchev–Trinajstić information content (AvgIpc) is 2.52. The summed E-state index contributed by atoms with van der Waals surface area (Å²) in [7, 11) is 0. The van der Waals surface area contributed by atoms with Gasteiger partial charge in [0.1, 0.15) is 5.75 Å². The van der Waals surface area contributed by atoms with Gasteiger partial charge in [-0.05, 0) is 35.1 Å². The topological polar surface area (TPSA) is 40.5 Å². The van der Waals surface area contributed by atoms with E-state index in [2.05, 4.69) is 32.9 Å². The minimum absolute atomic E-state index is 0.0307. The van der Waals surface area contributed by atoms with Gasteiger partial charge in [0.05, 0.1) is 0 Å². The third-order valence-corrected chi connectivity index (χ3v) is 3.86. The third-order valence-electron chi connectivity index (χ3n) is 3.86. The molecule has 0 bridgehead atoms. The summed E-state index contributed by atoms with van der Waals surface area (Å²) in [5, 5.41) is 9.42. The summed E-state index contributed by atoms with van der Waals surface area (Å²) in [4.78, 5) is 14.6. The molecule has 0 aliphatic heterocycles. The Hall–Kier alpha value is -2.29. The van der Waals surface area contributed by atoms with E-state index in [1.54, 1.807) is 12.1 Å². The van der Waals surface area contributed by atoms with Crippen molar-refractivity contribution in [2.75, 3.05) is 6.54 Å². The van der Waals surface area contributed by atoms with Crippen LogP contribution >= 0.6 is 0 Å². The van der Waals surface area contributed by atoms with Crippen molar-refractivity contribution in [3.63, 3.8) is 0 Å². The molecule has 1 N–H and O–H groups in total. The summed E-state index contributed by atoms with van der Waals surface area (Å²) in [5.74, 6) is 0.419. The van der Waals surface area contributed by atoms with Crippen molar-refractivity contribution in [3.05, 3.63) is 65.7 Å². The summed E-state index contributed by atoms with van der Waals surface area (Å²) < 4.78 is 0. The highest BCUT2D eigenvalue weighted by Gasteiger charge is 2.21. The van der Waals surface area contributed by atoms with Gasteiger partial charge in [0.2, 0.25) is 5.91 Å². The van der Waals surface area contributed by atoms with Gasteiger partial charge >= 0.3 is 0 Å². The van der Waals surface area contributed by atoms with Crippen LogP contribution in [0.4, 0.5) is 0 Å². The molecule has 3 nitrogen and oxygen atoms in total. The molecule has 0 atom stereocenters. The van der Waals surface area contributed by atoms with Crippen LogP contribution in [-0.4, -0.2) is 22.5 Å². The molecule has 0 aromatic heterocycles. The second-order valence-corrected chi connectivity index (χ2v) is 7.45. The van der Waals surface area contributed by atoms with Gasteiger partial charge in [-0.15, -0.1) is 0 Å². The molecule has 0 fully saturated rings. The van der Waals surface area contributed by atoms with Crippen LogP contribution in [0.5, 0.6) is 5.75 Å². The monoisotopic (exact) mass is 325 g/mol. The molecule has 0 saturated carbocycles. The molecule has 1 amide bonds. The van der Waals surface area contributed by atoms with Crippen molar-refractivity contribution in [2.45, 2.75) is 40.2 Å². The summed E-state index contributed by atoms with van der Waals surface area (Å²) in [6.07, 6.45) is 1.37. The molecule has 0 aliphatic rings. The van der Waals surface area contributed by atoms with E-state index in [-0.39, 0.29) is 17.1 Å². The maximum atomic E-state index is 12.7. The highest BCUT2D eigenvalue weighted by Crippen LogP contribution is 2.21. The first-order chi connectivity index (χ1) is 11.3. The molecule has 0 saturated heterocycles. The zero-order valence-corrected chi connectivity index (χ0v) is 14.8. The molecular weight excluding hydrogens is 298 g/mol. The van der Waals surface area contributed by atoms with Gasteiger partial charge in [-0.1, -0.05) is 63.2 Å². The quantitative estimate of drug-likeness (QED) is 0.855. The Balaban J connectivity index is 2.08. The highest BCUT2D eigenvalue weighted by atomic mass is 16.3. The normalized spacial score (nSPS) is 11.3. The number of amides is 1. The van der Waals surface area contributed by atoms with E-state index >= 15 is 0 Å². The first-order valence-electron chi connectivity index (χ1n) is 8.43. The van der Waals surface area contributed by atoms with Crippen molar-refractivity contribution in [1.82, 2.24) is 4.90 Å². The Morgan fingerprint density at radius 2 is 1.58 bits per heavy atom. The largest absolute Gasteiger partial charge is 0.508 e. The van der Waals surface area contributed by atoms with E-state index < -0.39 is 0 Å². The molecule has 24 heavy (non-hydrogen) atoms. The van der Waals surface area contributed by atoms with Crippen LogP contribution in [0.15, 0.2) is 54.6 Å². The molecule has 0 heterocycles. The molecule has 0 aliphatic carbocycles. The summed E-state index contributed by atoms with van der Waals surface area (Å²) in [6, 6.07) is 17.3. The van der Waals surface area contributed by atoms with Crippen molar-refractivity contribution >= 4 is 5.91 Å². The molecule has 2 rings (SSSR count). The lowest BCUT2D eigenvalue weighted by atomic mass is 9.91. The fraction of sp³-hybridized carbons (Fsp3) is 0.381. The first-order valence-corrected chi connectivity index (χ1v) is 8.43. The minimum atomic E-state index is -0.0307. The lowest BCUT2D eigenvalue weighted by Crippen LogP contribution is -2.34. The van der Waals surface area contributed by atoms with Crippen LogP contribution in [-0.2, 0) is 17.8 Å². The van der Waals surface area contributed by atoms with Crippen LogP contribution in [0.2, 0.25) is 0 Å². The Morgan fingerprint density at radius 1 is 0.958 bits per heavy atom. The van der Waals surface area contributed by atoms with E-state index in [0.717, 1.165) is 12.0 Å². The third kappa shape index (κ3) is 6.07. The zero-order chi connectivity index (χ0) is 17.6. The number of hydrogen-bond donors (Lipinski definition) is 1. The van der Waals surface area contributed by atoms with Gasteiger partial charge in [-0.3, -0.25) is 4.79 Å². The van der Waals surface area contributed by atoms with Gasteiger partial charge in [-0.2, -0.15) is 0 Å². The van der Waals surface area contributed by atoms with Gasteiger partial charge in [-0.25, -0.2) is 0 Å². The molecule has 2 aromatic rings. The lowest BCUT2D eigenvalue weighted by molar-refractivity contribution is -0.133. The maximum Gasteiger partial charge on any atom is 0.223 e. The Labute approximate surface area is 144 Å². The van der Waals surface area contributed by atoms with Crippen molar-refractivity contribution in [3.8, 4) is 5.75 Å². The standard InChI is InChI=1S/C21H27NO2/c1-21(2,3)15-20(24)22(14-13-17-7-5-4-6-8-17)16-18-9-11-19(23)12-10-18/h4-12,23H,13-16H2,1-3H3. The number of hydrogen-bond acceptors (Lipinski definition) is 2. The summed E-state index contributed by atoms with van der Waals surface area (Å²) in [6.45, 7) is 7.52. The smallest absolute Gasteiger partial charge is 0.223 e. The van der Waals surface area contributed by atoms with E-state index in [4.69, 9.17) is 0 Å². The van der Waals surface area contributed by atoms with Gasteiger partial charge < -0.3 is 10.0 Å². The van der Waals surface area contributed by atoms with Crippen molar-refractivity contribution in [2.24, 2.45) is 5.41 Å². The second kappa shape index (κ2) is 8.00. The fourth-order valence-electron chi connectivity index (χ4n) is 2.59. The first kappa shape index (κ1) is 18.1. The van der Waals surface area contributed by atoms with E-state index in [1.165, 1.54) is 5.56 Å². The number of carbonyl (C=O) groups excluding carboxylic acids is 1. The zero-order valence-electron chi connectivity index (χ0n) is 14.8. The van der Waals surface area contributed by atoms with E-state index in [1.807, 2.05) is 35.2 Å². The SMILES string of the molecule is CC(C)(C)CC(=O)N(CCc1ccccc1)Cc1ccc(O)cc1. The summed E-state index contributed by atoms with van der Waals surface area (Å²) in [5.41, 5.74) is 2.23. The van der Waals surface area contributed by atoms with Crippen LogP contribution in [0, 0.1) is 5.41 Å². The van der Waals surface area contributed by atoms with Gasteiger partial charge in [0.15, 0.2) is 0 Å². The number of phenolic OH excluding ortho intramolecular Hbond substituents is 1. The number of carbonyl (C=O) groups is 1. The predicted molar refractivity (Wildman–Crippen MR) is 97.7 cm³/mol. The van der Waals surface area contributed by atoms with Gasteiger partial charge in [0, 0.05) is 19.5 Å². The summed E-state index contributed by atoms with van der Waals surface area (Å²) >= 11 is 0. The fourth-order valence-corrected chi connectivity index (χ4v) is 2.59. The number of aromatic hydroxyl groups is 1. The number of rotatable bonds is 6. The van der Waals surface area contributed by atoms with Crippen LogP contribution in [0.25, 0.3) is 0 Å².